The largest absolute Gasteiger partial charge is 0.497 e. The van der Waals surface area contributed by atoms with E-state index in [0.717, 1.165) is 11.3 Å². The normalized spacial score (nSPS) is 11.7. The maximum atomic E-state index is 12.9. The van der Waals surface area contributed by atoms with Gasteiger partial charge in [0.2, 0.25) is 5.91 Å². The summed E-state index contributed by atoms with van der Waals surface area (Å²) in [6, 6.07) is 14.2. The van der Waals surface area contributed by atoms with E-state index >= 15 is 0 Å². The number of ether oxygens (including phenoxy) is 1. The molecule has 0 bridgehead atoms. The molecule has 0 saturated carbocycles. The molecule has 2 aromatic carbocycles. The van der Waals surface area contributed by atoms with Crippen molar-refractivity contribution in [3.05, 3.63) is 78.1 Å². The Labute approximate surface area is 210 Å². The molecule has 8 nitrogen and oxygen atoms in total. The van der Waals surface area contributed by atoms with Crippen LogP contribution < -0.4 is 15.4 Å². The van der Waals surface area contributed by atoms with E-state index in [9.17, 15) is 9.59 Å². The van der Waals surface area contributed by atoms with E-state index < -0.39 is 0 Å². The zero-order valence-electron chi connectivity index (χ0n) is 20.4. The van der Waals surface area contributed by atoms with Gasteiger partial charge in [-0.3, -0.25) is 9.59 Å². The second kappa shape index (κ2) is 12.2. The molecular weight excluding hydrogens is 462 g/mol. The fourth-order valence-corrected chi connectivity index (χ4v) is 4.15. The molecule has 0 spiro atoms. The highest BCUT2D eigenvalue weighted by molar-refractivity contribution is 7.99. The molecule has 0 radical (unpaired) electrons. The standard InChI is InChI=1S/C26H31N5O3S/c1-6-15-31-24(23(17(2)3)28-25(33)19-9-13-21(34-5)14-10-19)29-30-26(31)35-16-22(32)27-20-11-7-18(4)8-12-20/h6-14,17,23H,1,15-16H2,2-5H3,(H,27,32)(H,28,33)/t23-/m1/s1. The molecule has 0 saturated heterocycles. The molecule has 2 amide bonds. The van der Waals surface area contributed by atoms with Crippen molar-refractivity contribution in [1.82, 2.24) is 20.1 Å². The van der Waals surface area contributed by atoms with E-state index in [1.54, 1.807) is 37.5 Å². The number of thioether (sulfide) groups is 1. The maximum absolute atomic E-state index is 12.9. The molecule has 0 fully saturated rings. The summed E-state index contributed by atoms with van der Waals surface area (Å²) in [5.74, 6) is 1.16. The number of amides is 2. The summed E-state index contributed by atoms with van der Waals surface area (Å²) in [6.07, 6.45) is 1.74. The lowest BCUT2D eigenvalue weighted by atomic mass is 10.0. The van der Waals surface area contributed by atoms with Crippen molar-refractivity contribution in [3.8, 4) is 5.75 Å². The Morgan fingerprint density at radius 2 is 1.80 bits per heavy atom. The number of methoxy groups -OCH3 is 1. The van der Waals surface area contributed by atoms with Crippen LogP contribution in [0, 0.1) is 12.8 Å². The summed E-state index contributed by atoms with van der Waals surface area (Å²) in [5.41, 5.74) is 2.39. The average molecular weight is 494 g/mol. The molecule has 0 aliphatic rings. The van der Waals surface area contributed by atoms with Crippen molar-refractivity contribution in [2.75, 3.05) is 18.2 Å². The third-order valence-electron chi connectivity index (χ3n) is 5.31. The molecule has 0 aliphatic heterocycles. The number of nitrogens with zero attached hydrogens (tertiary/aromatic N) is 3. The minimum Gasteiger partial charge on any atom is -0.497 e. The summed E-state index contributed by atoms with van der Waals surface area (Å²) in [7, 11) is 1.58. The van der Waals surface area contributed by atoms with E-state index in [4.69, 9.17) is 4.74 Å². The second-order valence-corrected chi connectivity index (χ2v) is 9.31. The first-order valence-electron chi connectivity index (χ1n) is 11.3. The second-order valence-electron chi connectivity index (χ2n) is 8.37. The van der Waals surface area contributed by atoms with Gasteiger partial charge in [0.25, 0.3) is 5.91 Å². The van der Waals surface area contributed by atoms with Crippen molar-refractivity contribution in [2.24, 2.45) is 5.92 Å². The lowest BCUT2D eigenvalue weighted by Gasteiger charge is -2.22. The van der Waals surface area contributed by atoms with Gasteiger partial charge < -0.3 is 19.9 Å². The fourth-order valence-electron chi connectivity index (χ4n) is 3.40. The topological polar surface area (TPSA) is 98.1 Å². The molecule has 1 heterocycles. The van der Waals surface area contributed by atoms with Crippen molar-refractivity contribution in [3.63, 3.8) is 0 Å². The molecule has 3 rings (SSSR count). The van der Waals surface area contributed by atoms with Crippen LogP contribution in [-0.2, 0) is 11.3 Å². The Hall–Kier alpha value is -3.59. The Bertz CT molecular complexity index is 1160. The predicted octanol–water partition coefficient (Wildman–Crippen LogP) is 4.64. The van der Waals surface area contributed by atoms with Gasteiger partial charge in [0.1, 0.15) is 5.75 Å². The minimum absolute atomic E-state index is 0.0487. The molecule has 1 aromatic heterocycles. The molecule has 0 aliphatic carbocycles. The van der Waals surface area contributed by atoms with Gasteiger partial charge in [-0.15, -0.1) is 16.8 Å². The number of hydrogen-bond acceptors (Lipinski definition) is 6. The third kappa shape index (κ3) is 6.95. The average Bonchev–Trinajstić information content (AvgIpc) is 3.24. The number of aryl methyl sites for hydroxylation is 1. The van der Waals surface area contributed by atoms with Crippen LogP contribution in [0.2, 0.25) is 0 Å². The SMILES string of the molecule is C=CCn1c(SCC(=O)Nc2ccc(C)cc2)nnc1[C@H](NC(=O)c1ccc(OC)cc1)C(C)C. The van der Waals surface area contributed by atoms with Gasteiger partial charge >= 0.3 is 0 Å². The number of hydrogen-bond donors (Lipinski definition) is 2. The van der Waals surface area contributed by atoms with Crippen molar-refractivity contribution in [2.45, 2.75) is 38.5 Å². The van der Waals surface area contributed by atoms with Crippen LogP contribution in [0.4, 0.5) is 5.69 Å². The summed E-state index contributed by atoms with van der Waals surface area (Å²) < 4.78 is 7.05. The van der Waals surface area contributed by atoms with Gasteiger partial charge in [0.05, 0.1) is 18.9 Å². The molecule has 0 unspecified atom stereocenters. The van der Waals surface area contributed by atoms with E-state index in [2.05, 4.69) is 27.4 Å². The first-order valence-corrected chi connectivity index (χ1v) is 12.3. The van der Waals surface area contributed by atoms with E-state index in [1.807, 2.05) is 49.6 Å². The highest BCUT2D eigenvalue weighted by Gasteiger charge is 2.26. The smallest absolute Gasteiger partial charge is 0.251 e. The highest BCUT2D eigenvalue weighted by atomic mass is 32.2. The van der Waals surface area contributed by atoms with Gasteiger partial charge in [-0.25, -0.2) is 0 Å². The van der Waals surface area contributed by atoms with Gasteiger partial charge in [-0.2, -0.15) is 0 Å². The van der Waals surface area contributed by atoms with Gasteiger partial charge in [-0.05, 0) is 49.2 Å². The van der Waals surface area contributed by atoms with Crippen molar-refractivity contribution in [1.29, 1.82) is 0 Å². The van der Waals surface area contributed by atoms with E-state index in [1.165, 1.54) is 11.8 Å². The van der Waals surface area contributed by atoms with Crippen LogP contribution in [-0.4, -0.2) is 39.4 Å². The zero-order chi connectivity index (χ0) is 25.4. The highest BCUT2D eigenvalue weighted by Crippen LogP contribution is 2.26. The number of rotatable bonds is 11. The van der Waals surface area contributed by atoms with E-state index in [-0.39, 0.29) is 29.5 Å². The summed E-state index contributed by atoms with van der Waals surface area (Å²) in [4.78, 5) is 25.4. The summed E-state index contributed by atoms with van der Waals surface area (Å²) in [6.45, 7) is 10.3. The minimum atomic E-state index is -0.382. The molecule has 9 heteroatoms. The number of benzene rings is 2. The number of carbonyl (C=O) groups is 2. The van der Waals surface area contributed by atoms with Crippen LogP contribution in [0.25, 0.3) is 0 Å². The Morgan fingerprint density at radius 3 is 2.40 bits per heavy atom. The first-order chi connectivity index (χ1) is 16.8. The van der Waals surface area contributed by atoms with Crippen LogP contribution >= 0.6 is 11.8 Å². The van der Waals surface area contributed by atoms with E-state index in [0.29, 0.717) is 28.8 Å². The molecule has 35 heavy (non-hydrogen) atoms. The van der Waals surface area contributed by atoms with Gasteiger partial charge in [-0.1, -0.05) is 49.4 Å². The quantitative estimate of drug-likeness (QED) is 0.298. The molecule has 3 aromatic rings. The first kappa shape index (κ1) is 26.0. The lowest BCUT2D eigenvalue weighted by molar-refractivity contribution is -0.113. The summed E-state index contributed by atoms with van der Waals surface area (Å²) in [5, 5.41) is 15.2. The fraction of sp³-hybridized carbons (Fsp3) is 0.308. The third-order valence-corrected chi connectivity index (χ3v) is 6.28. The molecule has 184 valence electrons. The number of allylic oxidation sites excluding steroid dienone is 1. The van der Waals surface area contributed by atoms with Crippen LogP contribution in [0.1, 0.15) is 41.6 Å². The maximum Gasteiger partial charge on any atom is 0.251 e. The Morgan fingerprint density at radius 1 is 1.11 bits per heavy atom. The van der Waals surface area contributed by atoms with Gasteiger partial charge in [0.15, 0.2) is 11.0 Å². The van der Waals surface area contributed by atoms with Crippen LogP contribution in [0.3, 0.4) is 0 Å². The summed E-state index contributed by atoms with van der Waals surface area (Å²) >= 11 is 1.29. The van der Waals surface area contributed by atoms with Crippen LogP contribution in [0.5, 0.6) is 5.75 Å². The molecular formula is C26H31N5O3S. The lowest BCUT2D eigenvalue weighted by Crippen LogP contribution is -2.33. The number of nitrogens with one attached hydrogen (secondary N) is 2. The number of aromatic nitrogens is 3. The van der Waals surface area contributed by atoms with Crippen molar-refractivity contribution < 1.29 is 14.3 Å². The van der Waals surface area contributed by atoms with Gasteiger partial charge in [0, 0.05) is 17.8 Å². The Kier molecular flexibility index (Phi) is 9.08. The number of anilines is 1. The molecule has 1 atom stereocenters. The predicted molar refractivity (Wildman–Crippen MR) is 139 cm³/mol. The number of carbonyl (C=O) groups excluding carboxylic acids is 2. The molecule has 2 N–H and O–H groups in total. The zero-order valence-corrected chi connectivity index (χ0v) is 21.3. The monoisotopic (exact) mass is 493 g/mol. The van der Waals surface area contributed by atoms with Crippen LogP contribution in [0.15, 0.2) is 66.3 Å². The Balaban J connectivity index is 1.73. The van der Waals surface area contributed by atoms with Crippen molar-refractivity contribution >= 4 is 29.3 Å².